The highest BCUT2D eigenvalue weighted by Crippen LogP contribution is 2.29. The molecular weight excluding hydrogens is 404 g/mol. The minimum Gasteiger partial charge on any atom is -0.399 e. The van der Waals surface area contributed by atoms with Gasteiger partial charge >= 0.3 is 0 Å². The van der Waals surface area contributed by atoms with Gasteiger partial charge in [-0.2, -0.15) is 5.10 Å². The first kappa shape index (κ1) is 20.8. The Balaban J connectivity index is 1.45. The Kier molecular flexibility index (Phi) is 5.52. The van der Waals surface area contributed by atoms with Crippen LogP contribution in [0.2, 0.25) is 0 Å². The van der Waals surface area contributed by atoms with E-state index in [0.717, 1.165) is 78.9 Å². The summed E-state index contributed by atoms with van der Waals surface area (Å²) in [5.74, 6) is 1.69. The number of aryl methyl sites for hydroxylation is 2. The Hall–Kier alpha value is -3.04. The van der Waals surface area contributed by atoms with E-state index in [1.807, 2.05) is 32.2 Å². The first-order valence-electron chi connectivity index (χ1n) is 11.2. The second kappa shape index (κ2) is 8.48. The predicted molar refractivity (Wildman–Crippen MR) is 126 cm³/mol. The average Bonchev–Trinajstić information content (AvgIpc) is 2.79. The van der Waals surface area contributed by atoms with Crippen LogP contribution in [0.25, 0.3) is 10.8 Å². The summed E-state index contributed by atoms with van der Waals surface area (Å²) in [6.07, 6.45) is 1.91. The van der Waals surface area contributed by atoms with Gasteiger partial charge in [0, 0.05) is 54.5 Å². The van der Waals surface area contributed by atoms with E-state index in [4.69, 9.17) is 15.5 Å². The Bertz CT molecular complexity index is 1120. The molecule has 2 atom stereocenters. The fourth-order valence-corrected chi connectivity index (χ4v) is 4.62. The lowest BCUT2D eigenvalue weighted by molar-refractivity contribution is -0.0117. The molecule has 2 saturated heterocycles. The first-order chi connectivity index (χ1) is 15.5. The summed E-state index contributed by atoms with van der Waals surface area (Å²) in [5.41, 5.74) is 9.37. The van der Waals surface area contributed by atoms with E-state index in [1.165, 1.54) is 0 Å². The highest BCUT2D eigenvalue weighted by atomic mass is 16.5. The monoisotopic (exact) mass is 434 g/mol. The van der Waals surface area contributed by atoms with Crippen LogP contribution in [0, 0.1) is 13.8 Å². The minimum absolute atomic E-state index is 0.0723. The molecule has 2 fully saturated rings. The molecule has 0 radical (unpaired) electrons. The van der Waals surface area contributed by atoms with Crippen molar-refractivity contribution in [1.29, 1.82) is 0 Å². The van der Waals surface area contributed by atoms with Crippen molar-refractivity contribution in [2.75, 3.05) is 55.3 Å². The number of ether oxygens (including phenoxy) is 1. The molecule has 32 heavy (non-hydrogen) atoms. The van der Waals surface area contributed by atoms with Crippen LogP contribution in [0.3, 0.4) is 0 Å². The van der Waals surface area contributed by atoms with Crippen LogP contribution in [-0.2, 0) is 4.74 Å². The number of nitrogens with one attached hydrogen (secondary N) is 1. The number of nitrogen functional groups attached to an aromatic ring is 1. The third kappa shape index (κ3) is 4.05. The van der Waals surface area contributed by atoms with E-state index < -0.39 is 0 Å². The molecular formula is C23H30N8O. The van der Waals surface area contributed by atoms with Crippen LogP contribution in [0.1, 0.15) is 30.0 Å². The maximum Gasteiger partial charge on any atom is 0.157 e. The topological polar surface area (TPSA) is 105 Å². The van der Waals surface area contributed by atoms with Crippen molar-refractivity contribution in [3.63, 3.8) is 0 Å². The first-order valence-corrected chi connectivity index (χ1v) is 11.2. The largest absolute Gasteiger partial charge is 0.399 e. The van der Waals surface area contributed by atoms with Gasteiger partial charge in [0.1, 0.15) is 5.82 Å². The summed E-state index contributed by atoms with van der Waals surface area (Å²) < 4.78 is 5.70. The van der Waals surface area contributed by atoms with Crippen molar-refractivity contribution in [3.05, 3.63) is 41.5 Å². The minimum atomic E-state index is -0.0723. The molecule has 9 heteroatoms. The van der Waals surface area contributed by atoms with Crippen LogP contribution in [-0.4, -0.2) is 70.5 Å². The second-order valence-corrected chi connectivity index (χ2v) is 8.77. The summed E-state index contributed by atoms with van der Waals surface area (Å²) in [6.45, 7) is 11.5. The Morgan fingerprint density at radius 1 is 1.12 bits per heavy atom. The molecule has 5 heterocycles. The summed E-state index contributed by atoms with van der Waals surface area (Å²) in [5, 5.41) is 14.3. The number of anilines is 3. The lowest BCUT2D eigenvalue weighted by atomic mass is 10.1. The van der Waals surface area contributed by atoms with Crippen LogP contribution < -0.4 is 16.0 Å². The lowest BCUT2D eigenvalue weighted by Gasteiger charge is -2.44. The van der Waals surface area contributed by atoms with Crippen LogP contribution in [0.15, 0.2) is 24.4 Å². The number of pyridine rings is 2. The number of aromatic nitrogens is 4. The average molecular weight is 435 g/mol. The molecule has 3 aromatic heterocycles. The van der Waals surface area contributed by atoms with Gasteiger partial charge in [-0.3, -0.25) is 9.88 Å². The van der Waals surface area contributed by atoms with E-state index in [2.05, 4.69) is 43.3 Å². The smallest absolute Gasteiger partial charge is 0.157 e. The van der Waals surface area contributed by atoms with E-state index in [-0.39, 0.29) is 6.04 Å². The molecule has 0 aromatic carbocycles. The third-order valence-corrected chi connectivity index (χ3v) is 6.39. The summed E-state index contributed by atoms with van der Waals surface area (Å²) in [6, 6.07) is 6.24. The van der Waals surface area contributed by atoms with E-state index in [1.54, 1.807) is 0 Å². The van der Waals surface area contributed by atoms with Gasteiger partial charge in [0.15, 0.2) is 5.82 Å². The maximum absolute atomic E-state index is 6.03. The van der Waals surface area contributed by atoms with Gasteiger partial charge in [-0.15, -0.1) is 5.10 Å². The Morgan fingerprint density at radius 3 is 2.84 bits per heavy atom. The van der Waals surface area contributed by atoms with Gasteiger partial charge in [-0.1, -0.05) is 0 Å². The van der Waals surface area contributed by atoms with Crippen LogP contribution >= 0.6 is 0 Å². The molecule has 3 N–H and O–H groups in total. The molecule has 0 bridgehead atoms. The van der Waals surface area contributed by atoms with Crippen molar-refractivity contribution in [1.82, 2.24) is 25.1 Å². The molecule has 2 aliphatic heterocycles. The lowest BCUT2D eigenvalue weighted by Crippen LogP contribution is -2.58. The fourth-order valence-electron chi connectivity index (χ4n) is 4.62. The second-order valence-electron chi connectivity index (χ2n) is 8.77. The van der Waals surface area contributed by atoms with E-state index >= 15 is 0 Å². The zero-order valence-corrected chi connectivity index (χ0v) is 18.9. The number of rotatable bonds is 4. The van der Waals surface area contributed by atoms with Gasteiger partial charge in [0.25, 0.3) is 0 Å². The van der Waals surface area contributed by atoms with Crippen molar-refractivity contribution in [2.45, 2.75) is 32.9 Å². The number of nitrogens with zero attached hydrogens (tertiary/aromatic N) is 6. The molecule has 9 nitrogen and oxygen atoms in total. The van der Waals surface area contributed by atoms with Crippen molar-refractivity contribution in [3.8, 4) is 0 Å². The number of hydrogen-bond acceptors (Lipinski definition) is 9. The van der Waals surface area contributed by atoms with E-state index in [9.17, 15) is 0 Å². The van der Waals surface area contributed by atoms with Crippen LogP contribution in [0.4, 0.5) is 17.3 Å². The normalized spacial score (nSPS) is 20.2. The van der Waals surface area contributed by atoms with Crippen molar-refractivity contribution >= 4 is 28.1 Å². The summed E-state index contributed by atoms with van der Waals surface area (Å²) in [7, 11) is 0. The predicted octanol–water partition coefficient (Wildman–Crippen LogP) is 2.31. The summed E-state index contributed by atoms with van der Waals surface area (Å²) >= 11 is 0. The van der Waals surface area contributed by atoms with Gasteiger partial charge in [-0.05, 0) is 39.0 Å². The molecule has 168 valence electrons. The quantitative estimate of drug-likeness (QED) is 0.640. The van der Waals surface area contributed by atoms with Gasteiger partial charge < -0.3 is 20.7 Å². The molecule has 0 spiro atoms. The standard InChI is InChI=1S/C23H30N8O/c1-14-8-17(24)9-21(26-14)16(3)27-23-19-10-22(25-11-20(19)15(2)28-29-23)31-5-4-30-6-7-32-13-18(30)12-31/h8-11,16,18H,4-7,12-13H2,1-3H3,(H2,24,26)(H,27,29)/t16-,18+/m1/s1. The van der Waals surface area contributed by atoms with Gasteiger partial charge in [0.2, 0.25) is 0 Å². The van der Waals surface area contributed by atoms with E-state index in [0.29, 0.717) is 11.7 Å². The molecule has 0 saturated carbocycles. The summed E-state index contributed by atoms with van der Waals surface area (Å²) in [4.78, 5) is 14.3. The maximum atomic E-state index is 6.03. The number of morpholine rings is 1. The van der Waals surface area contributed by atoms with Crippen molar-refractivity contribution in [2.24, 2.45) is 0 Å². The molecule has 0 unspecified atom stereocenters. The van der Waals surface area contributed by atoms with Crippen molar-refractivity contribution < 1.29 is 4.74 Å². The number of hydrogen-bond donors (Lipinski definition) is 2. The molecule has 5 rings (SSSR count). The van der Waals surface area contributed by atoms with Crippen LogP contribution in [0.5, 0.6) is 0 Å². The fraction of sp³-hybridized carbons (Fsp3) is 0.478. The number of piperazine rings is 1. The molecule has 0 aliphatic carbocycles. The zero-order valence-electron chi connectivity index (χ0n) is 18.9. The third-order valence-electron chi connectivity index (χ3n) is 6.39. The highest BCUT2D eigenvalue weighted by Gasteiger charge is 2.30. The SMILES string of the molecule is Cc1cc(N)cc([C@@H](C)Nc2nnc(C)c3cnc(N4CCN5CCOC[C@@H]5C4)cc23)n1. The zero-order chi connectivity index (χ0) is 22.2. The Labute approximate surface area is 188 Å². The molecule has 0 amide bonds. The number of fused-ring (bicyclic) bond motifs is 2. The van der Waals surface area contributed by atoms with Gasteiger partial charge in [-0.25, -0.2) is 4.98 Å². The molecule has 2 aliphatic rings. The number of nitrogens with two attached hydrogens (primary N) is 1. The molecule has 3 aromatic rings. The Morgan fingerprint density at radius 2 is 2.00 bits per heavy atom. The van der Waals surface area contributed by atoms with Gasteiger partial charge in [0.05, 0.1) is 36.7 Å². The highest BCUT2D eigenvalue weighted by molar-refractivity contribution is 5.94.